The van der Waals surface area contributed by atoms with E-state index in [0.29, 0.717) is 34.8 Å². The van der Waals surface area contributed by atoms with Crippen molar-refractivity contribution in [3.63, 3.8) is 0 Å². The van der Waals surface area contributed by atoms with Crippen LogP contribution in [0.4, 0.5) is 10.2 Å². The Morgan fingerprint density at radius 1 is 1.50 bits per heavy atom. The lowest BCUT2D eigenvalue weighted by atomic mass is 10.2. The zero-order valence-electron chi connectivity index (χ0n) is 14.5. The molecule has 8 heteroatoms. The standard InChI is InChI=1S/C18H18FN5O2/c1-11-4-6-24(7-5-15(25)26-3)18(11)23-16(20-2)14-10-22-17-13(14)8-12(19)9-21-17/h4,6,8-10H,2,5,7H2,1,3H3,(H,21,22)/b23-16-. The summed E-state index contributed by atoms with van der Waals surface area (Å²) in [7, 11) is 1.35. The number of pyridine rings is 1. The van der Waals surface area contributed by atoms with Crippen LogP contribution in [0.2, 0.25) is 0 Å². The van der Waals surface area contributed by atoms with Gasteiger partial charge in [-0.15, -0.1) is 0 Å². The third kappa shape index (κ3) is 3.39. The number of methoxy groups -OCH3 is 1. The van der Waals surface area contributed by atoms with Crippen molar-refractivity contribution in [3.8, 4) is 0 Å². The molecule has 0 aliphatic rings. The number of ether oxygens (including phenoxy) is 1. The average Bonchev–Trinajstić information content (AvgIpc) is 3.21. The van der Waals surface area contributed by atoms with Crippen LogP contribution >= 0.6 is 0 Å². The second-order valence-electron chi connectivity index (χ2n) is 5.69. The lowest BCUT2D eigenvalue weighted by Gasteiger charge is -2.07. The molecule has 0 amide bonds. The van der Waals surface area contributed by atoms with E-state index in [1.54, 1.807) is 6.20 Å². The molecule has 0 aliphatic heterocycles. The first-order valence-electron chi connectivity index (χ1n) is 7.94. The molecule has 134 valence electrons. The van der Waals surface area contributed by atoms with Gasteiger partial charge in [-0.05, 0) is 31.3 Å². The third-order valence-corrected chi connectivity index (χ3v) is 4.01. The van der Waals surface area contributed by atoms with Crippen LogP contribution in [0.3, 0.4) is 0 Å². The fourth-order valence-corrected chi connectivity index (χ4v) is 2.66. The molecule has 0 spiro atoms. The molecule has 3 rings (SSSR count). The normalized spacial score (nSPS) is 11.7. The van der Waals surface area contributed by atoms with Gasteiger partial charge in [0.05, 0.1) is 19.7 Å². The fraction of sp³-hybridized carbons (Fsp3) is 0.222. The molecule has 7 nitrogen and oxygen atoms in total. The first-order chi connectivity index (χ1) is 12.5. The monoisotopic (exact) mass is 355 g/mol. The topological polar surface area (TPSA) is 84.6 Å². The van der Waals surface area contributed by atoms with Gasteiger partial charge >= 0.3 is 5.97 Å². The number of hydrogen-bond donors (Lipinski definition) is 1. The molecule has 0 saturated carbocycles. The summed E-state index contributed by atoms with van der Waals surface area (Å²) in [5.41, 5.74) is 2.05. The summed E-state index contributed by atoms with van der Waals surface area (Å²) in [6, 6.07) is 3.27. The van der Waals surface area contributed by atoms with Crippen molar-refractivity contribution in [2.24, 2.45) is 9.98 Å². The quantitative estimate of drug-likeness (QED) is 0.433. The number of nitrogens with zero attached hydrogens (tertiary/aromatic N) is 4. The summed E-state index contributed by atoms with van der Waals surface area (Å²) in [5, 5.41) is 0.571. The maximum atomic E-state index is 13.6. The van der Waals surface area contributed by atoms with Crippen LogP contribution in [0.25, 0.3) is 11.0 Å². The molecule has 0 bridgehead atoms. The Balaban J connectivity index is 2.01. The van der Waals surface area contributed by atoms with E-state index in [1.807, 2.05) is 23.8 Å². The SMILES string of the molecule is C=N/C(=N\c1c(C)ccn1CCC(=O)OC)c1c[nH]c2ncc(F)cc12. The maximum absolute atomic E-state index is 13.6. The van der Waals surface area contributed by atoms with Crippen LogP contribution in [0, 0.1) is 12.7 Å². The third-order valence-electron chi connectivity index (χ3n) is 4.01. The molecule has 0 aliphatic carbocycles. The highest BCUT2D eigenvalue weighted by atomic mass is 19.1. The lowest BCUT2D eigenvalue weighted by molar-refractivity contribution is -0.140. The highest BCUT2D eigenvalue weighted by Crippen LogP contribution is 2.25. The Morgan fingerprint density at radius 2 is 2.31 bits per heavy atom. The Kier molecular flexibility index (Phi) is 4.92. The molecule has 0 atom stereocenters. The Labute approximate surface area is 149 Å². The molecule has 0 saturated heterocycles. The van der Waals surface area contributed by atoms with E-state index in [9.17, 15) is 9.18 Å². The van der Waals surface area contributed by atoms with Crippen LogP contribution in [-0.2, 0) is 16.1 Å². The van der Waals surface area contributed by atoms with Gasteiger partial charge in [-0.25, -0.2) is 19.4 Å². The molecule has 0 unspecified atom stereocenters. The number of esters is 1. The smallest absolute Gasteiger partial charge is 0.307 e. The zero-order valence-corrected chi connectivity index (χ0v) is 14.5. The van der Waals surface area contributed by atoms with Gasteiger partial charge in [-0.2, -0.15) is 0 Å². The Morgan fingerprint density at radius 3 is 3.04 bits per heavy atom. The van der Waals surface area contributed by atoms with Crippen molar-refractivity contribution in [1.29, 1.82) is 0 Å². The minimum absolute atomic E-state index is 0.228. The van der Waals surface area contributed by atoms with E-state index >= 15 is 0 Å². The van der Waals surface area contributed by atoms with Crippen molar-refractivity contribution < 1.29 is 13.9 Å². The van der Waals surface area contributed by atoms with Gasteiger partial charge < -0.3 is 14.3 Å². The van der Waals surface area contributed by atoms with Gasteiger partial charge in [0.1, 0.15) is 17.3 Å². The van der Waals surface area contributed by atoms with Crippen molar-refractivity contribution in [2.75, 3.05) is 7.11 Å². The number of rotatable bonds is 5. The van der Waals surface area contributed by atoms with Crippen LogP contribution < -0.4 is 0 Å². The summed E-state index contributed by atoms with van der Waals surface area (Å²) < 4.78 is 20.1. The summed E-state index contributed by atoms with van der Waals surface area (Å²) in [6.07, 6.45) is 4.88. The number of hydrogen-bond acceptors (Lipinski definition) is 4. The molecule has 0 radical (unpaired) electrons. The largest absolute Gasteiger partial charge is 0.469 e. The van der Waals surface area contributed by atoms with Crippen LogP contribution in [0.15, 0.2) is 40.7 Å². The second kappa shape index (κ2) is 7.30. The van der Waals surface area contributed by atoms with Crippen molar-refractivity contribution in [1.82, 2.24) is 14.5 Å². The molecule has 0 aromatic carbocycles. The number of aromatic nitrogens is 3. The highest BCUT2D eigenvalue weighted by Gasteiger charge is 2.14. The number of amidine groups is 1. The first-order valence-corrected chi connectivity index (χ1v) is 7.94. The summed E-state index contributed by atoms with van der Waals surface area (Å²) in [5.74, 6) is 0.241. The number of aromatic amines is 1. The predicted octanol–water partition coefficient (Wildman–Crippen LogP) is 3.15. The van der Waals surface area contributed by atoms with E-state index in [1.165, 1.54) is 13.2 Å². The van der Waals surface area contributed by atoms with Crippen molar-refractivity contribution in [3.05, 3.63) is 47.7 Å². The maximum Gasteiger partial charge on any atom is 0.307 e. The minimum Gasteiger partial charge on any atom is -0.469 e. The van der Waals surface area contributed by atoms with E-state index in [2.05, 4.69) is 31.4 Å². The molecular weight excluding hydrogens is 337 g/mol. The molecule has 3 aromatic rings. The Bertz CT molecular complexity index is 1000. The predicted molar refractivity (Wildman–Crippen MR) is 97.6 cm³/mol. The van der Waals surface area contributed by atoms with Crippen molar-refractivity contribution in [2.45, 2.75) is 19.9 Å². The number of aryl methyl sites for hydroxylation is 2. The zero-order chi connectivity index (χ0) is 18.7. The van der Waals surface area contributed by atoms with Gasteiger partial charge in [-0.1, -0.05) is 0 Å². The second-order valence-corrected chi connectivity index (χ2v) is 5.69. The number of nitrogens with one attached hydrogen (secondary N) is 1. The summed E-state index contributed by atoms with van der Waals surface area (Å²) in [6.45, 7) is 5.91. The van der Waals surface area contributed by atoms with Crippen molar-refractivity contribution >= 4 is 35.4 Å². The average molecular weight is 355 g/mol. The highest BCUT2D eigenvalue weighted by molar-refractivity contribution is 6.11. The van der Waals surface area contributed by atoms with Crippen LogP contribution in [-0.4, -0.2) is 40.2 Å². The number of fused-ring (bicyclic) bond motifs is 1. The van der Waals surface area contributed by atoms with E-state index < -0.39 is 5.82 Å². The number of halogens is 1. The number of carbonyl (C=O) groups is 1. The first kappa shape index (κ1) is 17.5. The molecule has 26 heavy (non-hydrogen) atoms. The number of aliphatic imine (C=N–C) groups is 2. The van der Waals surface area contributed by atoms with E-state index in [4.69, 9.17) is 0 Å². The van der Waals surface area contributed by atoms with E-state index in [-0.39, 0.29) is 12.4 Å². The fourth-order valence-electron chi connectivity index (χ4n) is 2.66. The van der Waals surface area contributed by atoms with Gasteiger partial charge in [0.15, 0.2) is 5.84 Å². The van der Waals surface area contributed by atoms with E-state index in [0.717, 1.165) is 11.8 Å². The minimum atomic E-state index is -0.445. The van der Waals surface area contributed by atoms with Gasteiger partial charge in [0.2, 0.25) is 0 Å². The van der Waals surface area contributed by atoms with Gasteiger partial charge in [0.25, 0.3) is 0 Å². The van der Waals surface area contributed by atoms with Crippen LogP contribution in [0.5, 0.6) is 0 Å². The van der Waals surface area contributed by atoms with Crippen LogP contribution in [0.1, 0.15) is 17.5 Å². The van der Waals surface area contributed by atoms with Gasteiger partial charge in [0, 0.05) is 29.9 Å². The lowest BCUT2D eigenvalue weighted by Crippen LogP contribution is -2.06. The molecule has 3 heterocycles. The number of H-pyrrole nitrogens is 1. The molecule has 0 fully saturated rings. The molecular formula is C18H18FN5O2. The summed E-state index contributed by atoms with van der Waals surface area (Å²) in [4.78, 5) is 27.0. The summed E-state index contributed by atoms with van der Waals surface area (Å²) >= 11 is 0. The Hall–Kier alpha value is -3.29. The molecule has 1 N–H and O–H groups in total. The number of carbonyl (C=O) groups excluding carboxylic acids is 1. The van der Waals surface area contributed by atoms with Gasteiger partial charge in [-0.3, -0.25) is 4.79 Å². The molecule has 3 aromatic heterocycles.